The Morgan fingerprint density at radius 1 is 1.59 bits per heavy atom. The van der Waals surface area contributed by atoms with Crippen LogP contribution < -0.4 is 5.32 Å². The number of hydrogen-bond donors (Lipinski definition) is 1. The fourth-order valence-electron chi connectivity index (χ4n) is 1.82. The van der Waals surface area contributed by atoms with Gasteiger partial charge in [-0.3, -0.25) is 9.59 Å². The van der Waals surface area contributed by atoms with Gasteiger partial charge in [0.05, 0.1) is 9.21 Å². The predicted octanol–water partition coefficient (Wildman–Crippen LogP) is 1.75. The molecular weight excluding hydrogens is 260 g/mol. The summed E-state index contributed by atoms with van der Waals surface area (Å²) in [5, 5.41) is 2.92. The number of carbonyl (C=O) groups is 2. The summed E-state index contributed by atoms with van der Waals surface area (Å²) in [7, 11) is 1.75. The van der Waals surface area contributed by atoms with Gasteiger partial charge in [-0.15, -0.1) is 11.3 Å². The van der Waals surface area contributed by atoms with E-state index in [1.165, 1.54) is 11.3 Å². The zero-order valence-corrected chi connectivity index (χ0v) is 11.0. The molecule has 1 aliphatic heterocycles. The van der Waals surface area contributed by atoms with Crippen LogP contribution in [0.2, 0.25) is 4.34 Å². The summed E-state index contributed by atoms with van der Waals surface area (Å²) in [5.41, 5.74) is 0. The lowest BCUT2D eigenvalue weighted by Gasteiger charge is -2.29. The van der Waals surface area contributed by atoms with E-state index in [2.05, 4.69) is 5.32 Å². The molecule has 1 fully saturated rings. The van der Waals surface area contributed by atoms with Crippen LogP contribution >= 0.6 is 22.9 Å². The average molecular weight is 273 g/mol. The molecule has 0 spiro atoms. The van der Waals surface area contributed by atoms with Gasteiger partial charge in [-0.25, -0.2) is 0 Å². The van der Waals surface area contributed by atoms with Gasteiger partial charge < -0.3 is 10.2 Å². The molecule has 0 radical (unpaired) electrons. The minimum absolute atomic E-state index is 0.0334. The zero-order valence-electron chi connectivity index (χ0n) is 9.40. The third-order valence-corrected chi connectivity index (χ3v) is 3.99. The van der Waals surface area contributed by atoms with Gasteiger partial charge in [-0.05, 0) is 18.6 Å². The van der Waals surface area contributed by atoms with Crippen molar-refractivity contribution < 1.29 is 9.59 Å². The number of thiophene rings is 1. The number of rotatable bonds is 2. The Labute approximate surface area is 109 Å². The van der Waals surface area contributed by atoms with Crippen molar-refractivity contribution in [1.82, 2.24) is 10.2 Å². The molecule has 92 valence electrons. The van der Waals surface area contributed by atoms with Crippen molar-refractivity contribution in [3.05, 3.63) is 21.3 Å². The highest BCUT2D eigenvalue weighted by Crippen LogP contribution is 2.21. The smallest absolute Gasteiger partial charge is 0.261 e. The van der Waals surface area contributed by atoms with Gasteiger partial charge in [0.1, 0.15) is 0 Å². The van der Waals surface area contributed by atoms with Crippen LogP contribution in [0.4, 0.5) is 0 Å². The van der Waals surface area contributed by atoms with Crippen LogP contribution in [0.1, 0.15) is 22.5 Å². The molecule has 4 nitrogen and oxygen atoms in total. The van der Waals surface area contributed by atoms with E-state index in [-0.39, 0.29) is 17.9 Å². The summed E-state index contributed by atoms with van der Waals surface area (Å²) < 4.78 is 0.603. The van der Waals surface area contributed by atoms with Crippen LogP contribution in [-0.4, -0.2) is 36.3 Å². The Kier molecular flexibility index (Phi) is 3.69. The quantitative estimate of drug-likeness (QED) is 0.892. The van der Waals surface area contributed by atoms with Crippen LogP contribution in [0.15, 0.2) is 12.1 Å². The van der Waals surface area contributed by atoms with E-state index in [1.54, 1.807) is 24.1 Å². The predicted molar refractivity (Wildman–Crippen MR) is 67.5 cm³/mol. The number of amides is 2. The molecule has 0 aromatic carbocycles. The molecule has 0 saturated carbocycles. The lowest BCUT2D eigenvalue weighted by atomic mass is 10.1. The van der Waals surface area contributed by atoms with Crippen LogP contribution in [0, 0.1) is 0 Å². The van der Waals surface area contributed by atoms with Crippen molar-refractivity contribution in [2.24, 2.45) is 0 Å². The van der Waals surface area contributed by atoms with Gasteiger partial charge in [0.25, 0.3) is 5.91 Å². The molecule has 2 heterocycles. The molecule has 1 aliphatic rings. The highest BCUT2D eigenvalue weighted by molar-refractivity contribution is 7.17. The van der Waals surface area contributed by atoms with Crippen molar-refractivity contribution in [2.75, 3.05) is 13.6 Å². The molecule has 0 aliphatic carbocycles. The van der Waals surface area contributed by atoms with Crippen LogP contribution in [0.3, 0.4) is 0 Å². The minimum atomic E-state index is -0.116. The van der Waals surface area contributed by atoms with Gasteiger partial charge in [0, 0.05) is 26.1 Å². The number of nitrogens with one attached hydrogen (secondary N) is 1. The highest BCUT2D eigenvalue weighted by Gasteiger charge is 2.24. The van der Waals surface area contributed by atoms with Crippen molar-refractivity contribution in [1.29, 1.82) is 0 Å². The first-order chi connectivity index (χ1) is 8.06. The summed E-state index contributed by atoms with van der Waals surface area (Å²) in [6.45, 7) is 0.573. The maximum Gasteiger partial charge on any atom is 0.261 e. The second-order valence-electron chi connectivity index (χ2n) is 4.09. The van der Waals surface area contributed by atoms with E-state index in [9.17, 15) is 9.59 Å². The summed E-state index contributed by atoms with van der Waals surface area (Å²) in [5.74, 6) is 0.0179. The fraction of sp³-hybridized carbons (Fsp3) is 0.455. The summed E-state index contributed by atoms with van der Waals surface area (Å²) in [6.07, 6.45) is 1.20. The molecule has 1 aromatic heterocycles. The molecule has 1 unspecified atom stereocenters. The number of nitrogens with zero attached hydrogens (tertiary/aromatic N) is 1. The Hall–Kier alpha value is -1.07. The lowest BCUT2D eigenvalue weighted by molar-refractivity contribution is -0.132. The largest absolute Gasteiger partial charge is 0.347 e. The van der Waals surface area contributed by atoms with Crippen molar-refractivity contribution in [3.63, 3.8) is 0 Å². The Balaban J connectivity index is 1.93. The number of hydrogen-bond acceptors (Lipinski definition) is 3. The van der Waals surface area contributed by atoms with Crippen LogP contribution in [0.25, 0.3) is 0 Å². The van der Waals surface area contributed by atoms with E-state index < -0.39 is 0 Å². The average Bonchev–Trinajstić information content (AvgIpc) is 2.70. The molecule has 6 heteroatoms. The van der Waals surface area contributed by atoms with E-state index in [0.29, 0.717) is 28.6 Å². The standard InChI is InChI=1S/C11H13ClN2O2S/c1-14-6-7(2-5-10(14)15)13-11(16)8-3-4-9(12)17-8/h3-4,7H,2,5-6H2,1H3,(H,13,16). The highest BCUT2D eigenvalue weighted by atomic mass is 35.5. The fourth-order valence-corrected chi connectivity index (χ4v) is 2.77. The summed E-state index contributed by atoms with van der Waals surface area (Å²) >= 11 is 7.03. The first kappa shape index (κ1) is 12.4. The normalized spacial score (nSPS) is 20.5. The third-order valence-electron chi connectivity index (χ3n) is 2.76. The molecule has 17 heavy (non-hydrogen) atoms. The summed E-state index contributed by atoms with van der Waals surface area (Å²) in [6, 6.07) is 3.45. The zero-order chi connectivity index (χ0) is 12.4. The maximum absolute atomic E-state index is 11.9. The molecule has 1 aromatic rings. The molecular formula is C11H13ClN2O2S. The maximum atomic E-state index is 11.9. The second kappa shape index (κ2) is 5.06. The van der Waals surface area contributed by atoms with Gasteiger partial charge in [0.2, 0.25) is 5.91 Å². The van der Waals surface area contributed by atoms with E-state index in [4.69, 9.17) is 11.6 Å². The topological polar surface area (TPSA) is 49.4 Å². The second-order valence-corrected chi connectivity index (χ2v) is 5.80. The van der Waals surface area contributed by atoms with Crippen molar-refractivity contribution in [3.8, 4) is 0 Å². The van der Waals surface area contributed by atoms with Crippen LogP contribution in [-0.2, 0) is 4.79 Å². The minimum Gasteiger partial charge on any atom is -0.347 e. The Bertz CT molecular complexity index is 446. The molecule has 2 amide bonds. The van der Waals surface area contributed by atoms with E-state index in [0.717, 1.165) is 0 Å². The third kappa shape index (κ3) is 2.98. The molecule has 0 bridgehead atoms. The van der Waals surface area contributed by atoms with Gasteiger partial charge >= 0.3 is 0 Å². The number of likely N-dealkylation sites (tertiary alicyclic amines) is 1. The van der Waals surface area contributed by atoms with E-state index in [1.807, 2.05) is 0 Å². The number of halogens is 1. The van der Waals surface area contributed by atoms with Crippen molar-refractivity contribution in [2.45, 2.75) is 18.9 Å². The molecule has 2 rings (SSSR count). The lowest BCUT2D eigenvalue weighted by Crippen LogP contribution is -2.48. The number of piperidine rings is 1. The molecule has 1 atom stereocenters. The van der Waals surface area contributed by atoms with Gasteiger partial charge in [-0.1, -0.05) is 11.6 Å². The number of likely N-dealkylation sites (N-methyl/N-ethyl adjacent to an activating group) is 1. The van der Waals surface area contributed by atoms with Crippen molar-refractivity contribution >= 4 is 34.8 Å². The molecule has 1 N–H and O–H groups in total. The number of carbonyl (C=O) groups excluding carboxylic acids is 2. The van der Waals surface area contributed by atoms with Crippen LogP contribution in [0.5, 0.6) is 0 Å². The Morgan fingerprint density at radius 2 is 2.35 bits per heavy atom. The SMILES string of the molecule is CN1CC(NC(=O)c2ccc(Cl)s2)CCC1=O. The Morgan fingerprint density at radius 3 is 2.94 bits per heavy atom. The van der Waals surface area contributed by atoms with Gasteiger partial charge in [-0.2, -0.15) is 0 Å². The monoisotopic (exact) mass is 272 g/mol. The first-order valence-electron chi connectivity index (χ1n) is 5.36. The first-order valence-corrected chi connectivity index (χ1v) is 6.56. The van der Waals surface area contributed by atoms with E-state index >= 15 is 0 Å². The summed E-state index contributed by atoms with van der Waals surface area (Å²) in [4.78, 5) is 25.4. The van der Waals surface area contributed by atoms with Gasteiger partial charge in [0.15, 0.2) is 0 Å². The molecule has 1 saturated heterocycles.